The number of anilines is 1. The van der Waals surface area contributed by atoms with Gasteiger partial charge in [0, 0.05) is 22.4 Å². The summed E-state index contributed by atoms with van der Waals surface area (Å²) in [6.45, 7) is 7.40. The number of hydrogen-bond acceptors (Lipinski definition) is 4. The summed E-state index contributed by atoms with van der Waals surface area (Å²) in [5.74, 6) is -0.419. The van der Waals surface area contributed by atoms with Crippen molar-refractivity contribution in [3.8, 4) is 0 Å². The third kappa shape index (κ3) is 5.53. The molecule has 0 fully saturated rings. The van der Waals surface area contributed by atoms with Crippen LogP contribution in [0.4, 0.5) is 5.69 Å². The van der Waals surface area contributed by atoms with Crippen LogP contribution in [0, 0.1) is 12.3 Å². The van der Waals surface area contributed by atoms with Gasteiger partial charge < -0.3 is 5.32 Å². The average Bonchev–Trinajstić information content (AvgIpc) is 2.54. The molecule has 2 N–H and O–H groups in total. The van der Waals surface area contributed by atoms with Crippen LogP contribution < -0.4 is 10.7 Å². The Morgan fingerprint density at radius 2 is 1.76 bits per heavy atom. The summed E-state index contributed by atoms with van der Waals surface area (Å²) in [5.41, 5.74) is 4.61. The number of aryl methyl sites for hydroxylation is 1. The Hall–Kier alpha value is -3.02. The molecule has 2 aromatic rings. The highest BCUT2D eigenvalue weighted by Gasteiger charge is 2.21. The first-order chi connectivity index (χ1) is 11.8. The molecule has 130 valence electrons. The maximum atomic E-state index is 12.1. The van der Waals surface area contributed by atoms with E-state index >= 15 is 0 Å². The number of rotatable bonds is 4. The molecule has 0 aliphatic rings. The van der Waals surface area contributed by atoms with Crippen molar-refractivity contribution in [2.45, 2.75) is 27.7 Å². The van der Waals surface area contributed by atoms with Crippen molar-refractivity contribution in [3.05, 3.63) is 59.4 Å². The summed E-state index contributed by atoms with van der Waals surface area (Å²) in [4.78, 5) is 28.3. The fraction of sp³-hybridized carbons (Fsp3) is 0.263. The first-order valence-corrected chi connectivity index (χ1v) is 7.94. The predicted octanol–water partition coefficient (Wildman–Crippen LogP) is 3.14. The molecule has 1 heterocycles. The maximum absolute atomic E-state index is 12.1. The number of carbonyl (C=O) groups excluding carboxylic acids is 2. The van der Waals surface area contributed by atoms with Crippen molar-refractivity contribution in [2.24, 2.45) is 10.5 Å². The topological polar surface area (TPSA) is 83.5 Å². The van der Waals surface area contributed by atoms with Crippen molar-refractivity contribution >= 4 is 23.7 Å². The van der Waals surface area contributed by atoms with Gasteiger partial charge in [0.25, 0.3) is 5.91 Å². The number of nitrogens with zero attached hydrogens (tertiary/aromatic N) is 2. The first kappa shape index (κ1) is 18.3. The molecule has 0 radical (unpaired) electrons. The molecule has 0 unspecified atom stereocenters. The Balaban J connectivity index is 1.95. The van der Waals surface area contributed by atoms with Gasteiger partial charge in [0.1, 0.15) is 0 Å². The highest BCUT2D eigenvalue weighted by Crippen LogP contribution is 2.17. The Bertz CT molecular complexity index is 790. The van der Waals surface area contributed by atoms with Crippen LogP contribution in [0.15, 0.2) is 47.6 Å². The molecule has 6 heteroatoms. The van der Waals surface area contributed by atoms with E-state index in [-0.39, 0.29) is 11.8 Å². The van der Waals surface area contributed by atoms with Crippen LogP contribution >= 0.6 is 0 Å². The van der Waals surface area contributed by atoms with Crippen LogP contribution in [0.5, 0.6) is 0 Å². The summed E-state index contributed by atoms with van der Waals surface area (Å²) in [5, 5.41) is 6.71. The van der Waals surface area contributed by atoms with Crippen LogP contribution in [0.2, 0.25) is 0 Å². The summed E-state index contributed by atoms with van der Waals surface area (Å²) in [7, 11) is 0. The standard InChI is InChI=1S/C19H22N4O2/c1-13-6-5-7-16(21-13)12-20-23-17(24)14-8-10-15(11-9-14)22-18(25)19(2,3)4/h5-12H,1-4H3,(H,22,25)(H,23,24)/b20-12-. The van der Waals surface area contributed by atoms with Crippen LogP contribution in [0.25, 0.3) is 0 Å². The van der Waals surface area contributed by atoms with E-state index in [1.807, 2.05) is 39.8 Å². The van der Waals surface area contributed by atoms with Gasteiger partial charge in [0.15, 0.2) is 0 Å². The lowest BCUT2D eigenvalue weighted by Crippen LogP contribution is -2.27. The van der Waals surface area contributed by atoms with Crippen molar-refractivity contribution in [1.82, 2.24) is 10.4 Å². The molecule has 25 heavy (non-hydrogen) atoms. The van der Waals surface area contributed by atoms with Gasteiger partial charge in [-0.2, -0.15) is 5.10 Å². The Kier molecular flexibility index (Phi) is 5.64. The molecule has 0 aliphatic heterocycles. The van der Waals surface area contributed by atoms with Gasteiger partial charge in [0.2, 0.25) is 5.91 Å². The summed E-state index contributed by atoms with van der Waals surface area (Å²) >= 11 is 0. The normalized spacial score (nSPS) is 11.4. The van der Waals surface area contributed by atoms with Crippen molar-refractivity contribution in [1.29, 1.82) is 0 Å². The van der Waals surface area contributed by atoms with E-state index in [2.05, 4.69) is 20.8 Å². The SMILES string of the molecule is Cc1cccc(/C=N\NC(=O)c2ccc(NC(=O)C(C)(C)C)cc2)n1. The predicted molar refractivity (Wildman–Crippen MR) is 98.6 cm³/mol. The number of aromatic nitrogens is 1. The Morgan fingerprint density at radius 3 is 2.36 bits per heavy atom. The smallest absolute Gasteiger partial charge is 0.271 e. The largest absolute Gasteiger partial charge is 0.326 e. The second-order valence-electron chi connectivity index (χ2n) is 6.68. The zero-order chi connectivity index (χ0) is 18.4. The molecule has 2 rings (SSSR count). The molecule has 0 atom stereocenters. The van der Waals surface area contributed by atoms with E-state index in [1.54, 1.807) is 30.3 Å². The quantitative estimate of drug-likeness (QED) is 0.663. The summed E-state index contributed by atoms with van der Waals surface area (Å²) in [6, 6.07) is 12.2. The van der Waals surface area contributed by atoms with E-state index in [4.69, 9.17) is 0 Å². The molecule has 0 spiro atoms. The molecule has 1 aromatic heterocycles. The van der Waals surface area contributed by atoms with Gasteiger partial charge >= 0.3 is 0 Å². The number of amides is 2. The van der Waals surface area contributed by atoms with E-state index in [9.17, 15) is 9.59 Å². The van der Waals surface area contributed by atoms with Crippen molar-refractivity contribution in [3.63, 3.8) is 0 Å². The Morgan fingerprint density at radius 1 is 1.08 bits per heavy atom. The van der Waals surface area contributed by atoms with Crippen molar-refractivity contribution < 1.29 is 9.59 Å². The zero-order valence-corrected chi connectivity index (χ0v) is 14.8. The average molecular weight is 338 g/mol. The molecule has 6 nitrogen and oxygen atoms in total. The number of hydrazone groups is 1. The van der Waals surface area contributed by atoms with Gasteiger partial charge in [-0.1, -0.05) is 26.8 Å². The molecule has 0 saturated carbocycles. The minimum atomic E-state index is -0.478. The zero-order valence-electron chi connectivity index (χ0n) is 14.8. The van der Waals surface area contributed by atoms with Gasteiger partial charge in [-0.3, -0.25) is 14.6 Å². The van der Waals surface area contributed by atoms with E-state index in [0.717, 1.165) is 5.69 Å². The van der Waals surface area contributed by atoms with E-state index in [1.165, 1.54) is 6.21 Å². The van der Waals surface area contributed by atoms with E-state index < -0.39 is 5.41 Å². The Labute approximate surface area is 147 Å². The molecule has 0 aliphatic carbocycles. The highest BCUT2D eigenvalue weighted by molar-refractivity contribution is 5.97. The molecule has 0 bridgehead atoms. The lowest BCUT2D eigenvalue weighted by Gasteiger charge is -2.17. The molecule has 2 amide bonds. The number of benzene rings is 1. The summed E-state index contributed by atoms with van der Waals surface area (Å²) < 4.78 is 0. The number of pyridine rings is 1. The van der Waals surface area contributed by atoms with Crippen LogP contribution in [-0.4, -0.2) is 23.0 Å². The second-order valence-corrected chi connectivity index (χ2v) is 6.68. The van der Waals surface area contributed by atoms with Crippen LogP contribution in [-0.2, 0) is 4.79 Å². The van der Waals surface area contributed by atoms with Crippen LogP contribution in [0.1, 0.15) is 42.5 Å². The third-order valence-corrected chi connectivity index (χ3v) is 3.36. The monoisotopic (exact) mass is 338 g/mol. The van der Waals surface area contributed by atoms with E-state index in [0.29, 0.717) is 16.9 Å². The molecule has 1 aromatic carbocycles. The lowest BCUT2D eigenvalue weighted by molar-refractivity contribution is -0.123. The minimum Gasteiger partial charge on any atom is -0.326 e. The van der Waals surface area contributed by atoms with Gasteiger partial charge in [-0.15, -0.1) is 0 Å². The molecular formula is C19H22N4O2. The third-order valence-electron chi connectivity index (χ3n) is 3.36. The fourth-order valence-electron chi connectivity index (χ4n) is 1.88. The maximum Gasteiger partial charge on any atom is 0.271 e. The summed E-state index contributed by atoms with van der Waals surface area (Å²) in [6.07, 6.45) is 1.49. The van der Waals surface area contributed by atoms with Gasteiger partial charge in [0.05, 0.1) is 11.9 Å². The van der Waals surface area contributed by atoms with Gasteiger partial charge in [-0.05, 0) is 43.3 Å². The fourth-order valence-corrected chi connectivity index (χ4v) is 1.88. The number of carbonyl (C=O) groups is 2. The number of hydrogen-bond donors (Lipinski definition) is 2. The number of nitrogens with one attached hydrogen (secondary N) is 2. The highest BCUT2D eigenvalue weighted by atomic mass is 16.2. The molecule has 0 saturated heterocycles. The second kappa shape index (κ2) is 7.70. The van der Waals surface area contributed by atoms with Crippen LogP contribution in [0.3, 0.4) is 0 Å². The lowest BCUT2D eigenvalue weighted by atomic mass is 9.95. The first-order valence-electron chi connectivity index (χ1n) is 7.94. The minimum absolute atomic E-state index is 0.0834. The van der Waals surface area contributed by atoms with Crippen molar-refractivity contribution in [2.75, 3.05) is 5.32 Å². The van der Waals surface area contributed by atoms with Gasteiger partial charge in [-0.25, -0.2) is 5.43 Å². The molecular weight excluding hydrogens is 316 g/mol.